The van der Waals surface area contributed by atoms with Gasteiger partial charge < -0.3 is 9.84 Å². The van der Waals surface area contributed by atoms with Gasteiger partial charge in [0.25, 0.3) is 0 Å². The molecule has 0 radical (unpaired) electrons. The van der Waals surface area contributed by atoms with Gasteiger partial charge in [-0.2, -0.15) is 0 Å². The van der Waals surface area contributed by atoms with Gasteiger partial charge in [-0.1, -0.05) is 12.1 Å². The Morgan fingerprint density at radius 3 is 3.07 bits per heavy atom. The number of aryl methyl sites for hydroxylation is 1. The van der Waals surface area contributed by atoms with Crippen molar-refractivity contribution in [3.63, 3.8) is 0 Å². The van der Waals surface area contributed by atoms with Gasteiger partial charge in [-0.3, -0.25) is 0 Å². The van der Waals surface area contributed by atoms with Crippen molar-refractivity contribution >= 4 is 5.97 Å². The van der Waals surface area contributed by atoms with E-state index in [1.807, 2.05) is 12.1 Å². The van der Waals surface area contributed by atoms with Gasteiger partial charge in [0.2, 0.25) is 0 Å². The van der Waals surface area contributed by atoms with Crippen LogP contribution in [0.1, 0.15) is 17.5 Å². The average Bonchev–Trinajstić information content (AvgIpc) is 2.62. The number of rotatable bonds is 3. The minimum Gasteiger partial charge on any atom is -0.482 e. The van der Waals surface area contributed by atoms with Gasteiger partial charge in [0, 0.05) is 0 Å². The third-order valence-corrected chi connectivity index (χ3v) is 2.45. The van der Waals surface area contributed by atoms with E-state index in [0.29, 0.717) is 0 Å². The van der Waals surface area contributed by atoms with Crippen LogP contribution in [0.15, 0.2) is 18.2 Å². The normalized spacial score (nSPS) is 13.7. The summed E-state index contributed by atoms with van der Waals surface area (Å²) in [5, 5.41) is 8.50. The van der Waals surface area contributed by atoms with Crippen molar-refractivity contribution in [2.75, 3.05) is 6.61 Å². The summed E-state index contributed by atoms with van der Waals surface area (Å²) in [5.41, 5.74) is 2.49. The molecule has 2 rings (SSSR count). The van der Waals surface area contributed by atoms with Gasteiger partial charge in [-0.25, -0.2) is 4.79 Å². The SMILES string of the molecule is O=C(O)COc1cccc2c1CCC2. The fourth-order valence-electron chi connectivity index (χ4n) is 1.86. The molecule has 0 saturated carbocycles. The molecular weight excluding hydrogens is 180 g/mol. The van der Waals surface area contributed by atoms with Crippen LogP contribution in [0.5, 0.6) is 5.75 Å². The Labute approximate surface area is 82.3 Å². The number of hydrogen-bond acceptors (Lipinski definition) is 2. The van der Waals surface area contributed by atoms with Crippen LogP contribution < -0.4 is 4.74 Å². The zero-order chi connectivity index (χ0) is 9.97. The number of carbonyl (C=O) groups is 1. The Balaban J connectivity index is 2.17. The standard InChI is InChI=1S/C11H12O3/c12-11(13)7-14-10-6-2-4-8-3-1-5-9(8)10/h2,4,6H,1,3,5,7H2,(H,12,13). The second-order valence-corrected chi connectivity index (χ2v) is 3.43. The Morgan fingerprint density at radius 1 is 1.43 bits per heavy atom. The molecule has 0 spiro atoms. The first-order valence-electron chi connectivity index (χ1n) is 4.73. The summed E-state index contributed by atoms with van der Waals surface area (Å²) in [5.74, 6) is -0.192. The molecule has 0 amide bonds. The molecule has 0 bridgehead atoms. The third-order valence-electron chi connectivity index (χ3n) is 2.45. The van der Waals surface area contributed by atoms with E-state index in [1.165, 1.54) is 11.1 Å². The lowest BCUT2D eigenvalue weighted by Crippen LogP contribution is -2.10. The minimum absolute atomic E-state index is 0.254. The number of carboxylic acid groups (broad SMARTS) is 1. The molecule has 14 heavy (non-hydrogen) atoms. The molecule has 0 saturated heterocycles. The van der Waals surface area contributed by atoms with E-state index < -0.39 is 5.97 Å². The van der Waals surface area contributed by atoms with Crippen molar-refractivity contribution in [1.82, 2.24) is 0 Å². The van der Waals surface area contributed by atoms with Gasteiger partial charge in [0.15, 0.2) is 6.61 Å². The van der Waals surface area contributed by atoms with Crippen LogP contribution in [-0.2, 0) is 17.6 Å². The molecule has 0 heterocycles. The predicted octanol–water partition coefficient (Wildman–Crippen LogP) is 1.64. The van der Waals surface area contributed by atoms with Gasteiger partial charge in [0.05, 0.1) is 0 Å². The molecule has 0 fully saturated rings. The predicted molar refractivity (Wildman–Crippen MR) is 51.6 cm³/mol. The maximum Gasteiger partial charge on any atom is 0.341 e. The molecule has 74 valence electrons. The minimum atomic E-state index is -0.930. The number of fused-ring (bicyclic) bond motifs is 1. The van der Waals surface area contributed by atoms with Gasteiger partial charge >= 0.3 is 5.97 Å². The third kappa shape index (κ3) is 1.71. The number of ether oxygens (including phenoxy) is 1. The number of benzene rings is 1. The Bertz CT molecular complexity index is 358. The zero-order valence-corrected chi connectivity index (χ0v) is 7.82. The van der Waals surface area contributed by atoms with Crippen LogP contribution in [0, 0.1) is 0 Å². The molecule has 3 nitrogen and oxygen atoms in total. The number of hydrogen-bond donors (Lipinski definition) is 1. The van der Waals surface area contributed by atoms with Crippen LogP contribution in [-0.4, -0.2) is 17.7 Å². The van der Waals surface area contributed by atoms with Crippen molar-refractivity contribution in [2.45, 2.75) is 19.3 Å². The molecule has 1 aliphatic carbocycles. The fourth-order valence-corrected chi connectivity index (χ4v) is 1.86. The van der Waals surface area contributed by atoms with E-state index in [0.717, 1.165) is 25.0 Å². The summed E-state index contributed by atoms with van der Waals surface area (Å²) in [7, 11) is 0. The van der Waals surface area contributed by atoms with Crippen LogP contribution in [0.2, 0.25) is 0 Å². The molecule has 1 aliphatic rings. The molecule has 0 unspecified atom stereocenters. The summed E-state index contributed by atoms with van der Waals surface area (Å²) >= 11 is 0. The first-order chi connectivity index (χ1) is 6.77. The second kappa shape index (κ2) is 3.70. The van der Waals surface area contributed by atoms with Crippen LogP contribution in [0.25, 0.3) is 0 Å². The Kier molecular flexibility index (Phi) is 2.39. The Morgan fingerprint density at radius 2 is 2.29 bits per heavy atom. The number of carboxylic acids is 1. The molecule has 0 atom stereocenters. The lowest BCUT2D eigenvalue weighted by molar-refractivity contribution is -0.139. The highest BCUT2D eigenvalue weighted by Gasteiger charge is 2.15. The highest BCUT2D eigenvalue weighted by atomic mass is 16.5. The monoisotopic (exact) mass is 192 g/mol. The summed E-state index contributed by atoms with van der Waals surface area (Å²) in [4.78, 5) is 10.3. The smallest absolute Gasteiger partial charge is 0.341 e. The molecule has 0 aliphatic heterocycles. The zero-order valence-electron chi connectivity index (χ0n) is 7.82. The second-order valence-electron chi connectivity index (χ2n) is 3.43. The van der Waals surface area contributed by atoms with Crippen molar-refractivity contribution in [3.8, 4) is 5.75 Å². The van der Waals surface area contributed by atoms with E-state index in [4.69, 9.17) is 9.84 Å². The first-order valence-corrected chi connectivity index (χ1v) is 4.73. The highest BCUT2D eigenvalue weighted by molar-refractivity contribution is 5.68. The summed E-state index contributed by atoms with van der Waals surface area (Å²) in [6.45, 7) is -0.254. The van der Waals surface area contributed by atoms with Gasteiger partial charge in [-0.05, 0) is 36.5 Å². The summed E-state index contributed by atoms with van der Waals surface area (Å²) in [6, 6.07) is 5.84. The quantitative estimate of drug-likeness (QED) is 0.791. The molecule has 1 aromatic carbocycles. The largest absolute Gasteiger partial charge is 0.482 e. The van der Waals surface area contributed by atoms with Gasteiger partial charge in [-0.15, -0.1) is 0 Å². The first kappa shape index (κ1) is 9.06. The summed E-state index contributed by atoms with van der Waals surface area (Å²) in [6.07, 6.45) is 3.23. The van der Waals surface area contributed by atoms with E-state index in [9.17, 15) is 4.79 Å². The topological polar surface area (TPSA) is 46.5 Å². The lowest BCUT2D eigenvalue weighted by atomic mass is 10.1. The van der Waals surface area contributed by atoms with E-state index in [2.05, 4.69) is 6.07 Å². The van der Waals surface area contributed by atoms with E-state index >= 15 is 0 Å². The molecule has 1 N–H and O–H groups in total. The maximum absolute atomic E-state index is 10.3. The van der Waals surface area contributed by atoms with Crippen LogP contribution >= 0.6 is 0 Å². The van der Waals surface area contributed by atoms with Crippen molar-refractivity contribution < 1.29 is 14.6 Å². The average molecular weight is 192 g/mol. The number of aliphatic carboxylic acids is 1. The van der Waals surface area contributed by atoms with Crippen molar-refractivity contribution in [1.29, 1.82) is 0 Å². The maximum atomic E-state index is 10.3. The molecular formula is C11H12O3. The molecule has 1 aromatic rings. The van der Waals surface area contributed by atoms with Crippen molar-refractivity contribution in [2.24, 2.45) is 0 Å². The summed E-state index contributed by atoms with van der Waals surface area (Å²) < 4.78 is 5.21. The molecule has 3 heteroatoms. The van der Waals surface area contributed by atoms with Crippen LogP contribution in [0.4, 0.5) is 0 Å². The molecule has 0 aromatic heterocycles. The Hall–Kier alpha value is -1.51. The lowest BCUT2D eigenvalue weighted by Gasteiger charge is -2.08. The van der Waals surface area contributed by atoms with Crippen LogP contribution in [0.3, 0.4) is 0 Å². The van der Waals surface area contributed by atoms with E-state index in [-0.39, 0.29) is 6.61 Å². The fraction of sp³-hybridized carbons (Fsp3) is 0.364. The van der Waals surface area contributed by atoms with Crippen molar-refractivity contribution in [3.05, 3.63) is 29.3 Å². The van der Waals surface area contributed by atoms with Gasteiger partial charge in [0.1, 0.15) is 5.75 Å². The van der Waals surface area contributed by atoms with E-state index in [1.54, 1.807) is 0 Å². The highest BCUT2D eigenvalue weighted by Crippen LogP contribution is 2.30.